The van der Waals surface area contributed by atoms with E-state index >= 15 is 0 Å². The minimum Gasteiger partial charge on any atom is -0.454 e. The second-order valence-corrected chi connectivity index (χ2v) is 8.68. The minimum atomic E-state index is -0.114. The lowest BCUT2D eigenvalue weighted by Gasteiger charge is -2.01. The molecule has 0 saturated heterocycles. The first-order valence-electron chi connectivity index (χ1n) is 9.11. The molecule has 1 amide bonds. The molecule has 142 valence electrons. The molecule has 6 nitrogen and oxygen atoms in total. The van der Waals surface area contributed by atoms with Gasteiger partial charge in [-0.3, -0.25) is 4.79 Å². The van der Waals surface area contributed by atoms with Gasteiger partial charge in [-0.1, -0.05) is 29.5 Å². The van der Waals surface area contributed by atoms with Gasteiger partial charge in [-0.25, -0.2) is 9.97 Å². The molecular weight excluding hydrogens is 392 g/mol. The molecule has 5 rings (SSSR count). The number of furan rings is 1. The Hall–Kier alpha value is -2.71. The Bertz CT molecular complexity index is 1120. The highest BCUT2D eigenvalue weighted by molar-refractivity contribution is 7.17. The average Bonchev–Trinajstić information content (AvgIpc) is 3.09. The zero-order chi connectivity index (χ0) is 19.1. The molecule has 1 fully saturated rings. The molecule has 0 unspecified atom stereocenters. The average molecular weight is 411 g/mol. The fraction of sp³-hybridized carbons (Fsp3) is 0.250. The highest BCUT2D eigenvalue weighted by atomic mass is 32.1. The van der Waals surface area contributed by atoms with Crippen molar-refractivity contribution in [2.24, 2.45) is 0 Å². The van der Waals surface area contributed by atoms with Crippen molar-refractivity contribution in [1.82, 2.24) is 15.3 Å². The van der Waals surface area contributed by atoms with E-state index in [9.17, 15) is 4.79 Å². The van der Waals surface area contributed by atoms with Crippen LogP contribution in [0.5, 0.6) is 0 Å². The number of carbonyl (C=O) groups is 1. The van der Waals surface area contributed by atoms with E-state index < -0.39 is 0 Å². The molecule has 0 spiro atoms. The molecule has 4 aromatic rings. The highest BCUT2D eigenvalue weighted by Crippen LogP contribution is 2.31. The number of thiazole rings is 2. The molecule has 0 aliphatic heterocycles. The first-order chi connectivity index (χ1) is 13.7. The van der Waals surface area contributed by atoms with Gasteiger partial charge in [0, 0.05) is 16.8 Å². The number of hydrogen-bond donors (Lipinski definition) is 2. The molecule has 0 bridgehead atoms. The Morgan fingerprint density at radius 1 is 1.29 bits per heavy atom. The van der Waals surface area contributed by atoms with Crippen LogP contribution in [0.25, 0.3) is 21.7 Å². The SMILES string of the molecule is Cc1nc(NC2CC2)sc1C(=O)NCc1csc(-c2cc3ccccc3o2)n1. The number of para-hydroxylation sites is 1. The third-order valence-electron chi connectivity index (χ3n) is 4.53. The van der Waals surface area contributed by atoms with Gasteiger partial charge in [0.05, 0.1) is 17.9 Å². The third-order valence-corrected chi connectivity index (χ3v) is 6.52. The lowest BCUT2D eigenvalue weighted by Crippen LogP contribution is -2.22. The first kappa shape index (κ1) is 17.4. The zero-order valence-electron chi connectivity index (χ0n) is 15.2. The maximum atomic E-state index is 12.5. The molecule has 2 N–H and O–H groups in total. The number of carbonyl (C=O) groups excluding carboxylic acids is 1. The van der Waals surface area contributed by atoms with Crippen LogP contribution >= 0.6 is 22.7 Å². The normalized spacial score (nSPS) is 13.8. The molecule has 1 saturated carbocycles. The summed E-state index contributed by atoms with van der Waals surface area (Å²) >= 11 is 2.92. The lowest BCUT2D eigenvalue weighted by atomic mass is 10.2. The van der Waals surface area contributed by atoms with Crippen molar-refractivity contribution in [3.8, 4) is 10.8 Å². The van der Waals surface area contributed by atoms with Crippen LogP contribution in [0.15, 0.2) is 40.1 Å². The molecule has 0 atom stereocenters. The Morgan fingerprint density at radius 3 is 2.96 bits per heavy atom. The number of hydrogen-bond acceptors (Lipinski definition) is 7. The van der Waals surface area contributed by atoms with Crippen molar-refractivity contribution in [3.63, 3.8) is 0 Å². The summed E-state index contributed by atoms with van der Waals surface area (Å²) in [5.74, 6) is 0.634. The molecule has 8 heteroatoms. The molecule has 3 aromatic heterocycles. The van der Waals surface area contributed by atoms with Crippen molar-refractivity contribution >= 4 is 44.7 Å². The summed E-state index contributed by atoms with van der Waals surface area (Å²) in [6.45, 7) is 2.24. The van der Waals surface area contributed by atoms with E-state index in [0.29, 0.717) is 17.5 Å². The quantitative estimate of drug-likeness (QED) is 0.476. The van der Waals surface area contributed by atoms with Crippen LogP contribution < -0.4 is 10.6 Å². The van der Waals surface area contributed by atoms with Crippen LogP contribution in [0.1, 0.15) is 33.9 Å². The van der Waals surface area contributed by atoms with Crippen molar-refractivity contribution in [2.45, 2.75) is 32.4 Å². The summed E-state index contributed by atoms with van der Waals surface area (Å²) in [5, 5.41) is 10.9. The van der Waals surface area contributed by atoms with E-state index in [4.69, 9.17) is 4.42 Å². The fourth-order valence-corrected chi connectivity index (χ4v) is 4.64. The van der Waals surface area contributed by atoms with E-state index in [1.807, 2.05) is 42.6 Å². The second-order valence-electron chi connectivity index (χ2n) is 6.83. The van der Waals surface area contributed by atoms with Crippen molar-refractivity contribution in [1.29, 1.82) is 0 Å². The van der Waals surface area contributed by atoms with Crippen LogP contribution in [-0.2, 0) is 6.54 Å². The number of aryl methyl sites for hydroxylation is 1. The third kappa shape index (κ3) is 3.53. The summed E-state index contributed by atoms with van der Waals surface area (Å²) in [7, 11) is 0. The van der Waals surface area contributed by atoms with Gasteiger partial charge in [0.25, 0.3) is 5.91 Å². The summed E-state index contributed by atoms with van der Waals surface area (Å²) < 4.78 is 5.86. The number of amides is 1. The maximum absolute atomic E-state index is 12.5. The van der Waals surface area contributed by atoms with Gasteiger partial charge < -0.3 is 15.1 Å². The van der Waals surface area contributed by atoms with Gasteiger partial charge in [0.15, 0.2) is 15.9 Å². The number of nitrogens with zero attached hydrogens (tertiary/aromatic N) is 2. The second kappa shape index (κ2) is 7.03. The number of fused-ring (bicyclic) bond motifs is 1. The summed E-state index contributed by atoms with van der Waals surface area (Å²) in [6, 6.07) is 10.4. The standard InChI is InChI=1S/C20H18N4O2S2/c1-11-17(28-20(22-11)24-13-6-7-13)18(25)21-9-14-10-27-19(23-14)16-8-12-4-2-3-5-15(12)26-16/h2-5,8,10,13H,6-7,9H2,1H3,(H,21,25)(H,22,24). The van der Waals surface area contributed by atoms with Crippen molar-refractivity contribution in [2.75, 3.05) is 5.32 Å². The predicted octanol–water partition coefficient (Wildman–Crippen LogP) is 4.83. The largest absolute Gasteiger partial charge is 0.454 e. The predicted molar refractivity (Wildman–Crippen MR) is 112 cm³/mol. The van der Waals surface area contributed by atoms with Crippen molar-refractivity contribution < 1.29 is 9.21 Å². The smallest absolute Gasteiger partial charge is 0.263 e. The van der Waals surface area contributed by atoms with Gasteiger partial charge in [-0.05, 0) is 31.9 Å². The minimum absolute atomic E-state index is 0.114. The molecule has 1 aliphatic carbocycles. The van der Waals surface area contributed by atoms with E-state index in [-0.39, 0.29) is 5.91 Å². The number of nitrogens with one attached hydrogen (secondary N) is 2. The molecule has 1 aromatic carbocycles. The van der Waals surface area contributed by atoms with Gasteiger partial charge in [-0.2, -0.15) is 0 Å². The summed E-state index contributed by atoms with van der Waals surface area (Å²) in [5.41, 5.74) is 2.41. The number of rotatable bonds is 6. The maximum Gasteiger partial charge on any atom is 0.263 e. The van der Waals surface area contributed by atoms with Crippen LogP contribution in [-0.4, -0.2) is 21.9 Å². The first-order valence-corrected chi connectivity index (χ1v) is 10.8. The lowest BCUT2D eigenvalue weighted by molar-refractivity contribution is 0.0953. The molecular formula is C20H18N4O2S2. The van der Waals surface area contributed by atoms with E-state index in [0.717, 1.165) is 38.3 Å². The van der Waals surface area contributed by atoms with Gasteiger partial charge >= 0.3 is 0 Å². The Labute approximate surface area is 169 Å². The van der Waals surface area contributed by atoms with Gasteiger partial charge in [0.1, 0.15) is 10.5 Å². The monoisotopic (exact) mass is 410 g/mol. The fourth-order valence-electron chi connectivity index (χ4n) is 2.91. The summed E-state index contributed by atoms with van der Waals surface area (Å²) in [6.07, 6.45) is 2.36. The van der Waals surface area contributed by atoms with E-state index in [1.54, 1.807) is 0 Å². The molecule has 1 aliphatic rings. The highest BCUT2D eigenvalue weighted by Gasteiger charge is 2.24. The Balaban J connectivity index is 1.25. The Morgan fingerprint density at radius 2 is 2.14 bits per heavy atom. The number of anilines is 1. The van der Waals surface area contributed by atoms with Crippen LogP contribution in [0.2, 0.25) is 0 Å². The number of benzene rings is 1. The van der Waals surface area contributed by atoms with Crippen LogP contribution in [0.4, 0.5) is 5.13 Å². The van der Waals surface area contributed by atoms with Crippen molar-refractivity contribution in [3.05, 3.63) is 52.0 Å². The molecule has 3 heterocycles. The molecule has 28 heavy (non-hydrogen) atoms. The zero-order valence-corrected chi connectivity index (χ0v) is 16.8. The van der Waals surface area contributed by atoms with Crippen LogP contribution in [0.3, 0.4) is 0 Å². The van der Waals surface area contributed by atoms with Gasteiger partial charge in [0.2, 0.25) is 0 Å². The molecule has 0 radical (unpaired) electrons. The van der Waals surface area contributed by atoms with E-state index in [2.05, 4.69) is 20.6 Å². The van der Waals surface area contributed by atoms with Crippen LogP contribution in [0, 0.1) is 6.92 Å². The van der Waals surface area contributed by atoms with E-state index in [1.165, 1.54) is 35.5 Å². The van der Waals surface area contributed by atoms with Gasteiger partial charge in [-0.15, -0.1) is 11.3 Å². The number of aromatic nitrogens is 2. The summed E-state index contributed by atoms with van der Waals surface area (Å²) in [4.78, 5) is 22.2. The topological polar surface area (TPSA) is 80.0 Å². The Kier molecular flexibility index (Phi) is 4.37.